The van der Waals surface area contributed by atoms with Crippen molar-refractivity contribution in [2.24, 2.45) is 0 Å². The van der Waals surface area contributed by atoms with E-state index < -0.39 is 0 Å². The minimum absolute atomic E-state index is 0.231. The molecule has 116 valence electrons. The summed E-state index contributed by atoms with van der Waals surface area (Å²) in [4.78, 5) is 4.54. The molecular weight excluding hydrogens is 291 g/mol. The molecule has 1 heterocycles. The molecule has 0 atom stereocenters. The van der Waals surface area contributed by atoms with Gasteiger partial charge in [0.1, 0.15) is 5.82 Å². The maximum Gasteiger partial charge on any atom is 0.230 e. The number of aromatic nitrogens is 2. The van der Waals surface area contributed by atoms with E-state index in [9.17, 15) is 4.39 Å². The summed E-state index contributed by atoms with van der Waals surface area (Å²) >= 11 is 0. The molecule has 3 aromatic rings. The van der Waals surface area contributed by atoms with Crippen molar-refractivity contribution in [1.29, 1.82) is 0 Å². The van der Waals surface area contributed by atoms with E-state index in [1.54, 1.807) is 6.07 Å². The molecule has 0 unspecified atom stereocenters. The van der Waals surface area contributed by atoms with Gasteiger partial charge in [0, 0.05) is 11.5 Å². The fraction of sp³-hybridized carbons (Fsp3) is 0.263. The Balaban J connectivity index is 1.58. The van der Waals surface area contributed by atoms with Crippen molar-refractivity contribution < 1.29 is 8.91 Å². The van der Waals surface area contributed by atoms with Crippen molar-refractivity contribution in [1.82, 2.24) is 10.1 Å². The lowest BCUT2D eigenvalue weighted by Crippen LogP contribution is -1.92. The molecule has 1 aliphatic rings. The molecule has 1 fully saturated rings. The Morgan fingerprint density at radius 2 is 1.65 bits per heavy atom. The minimum Gasteiger partial charge on any atom is -0.339 e. The van der Waals surface area contributed by atoms with Crippen molar-refractivity contribution in [2.45, 2.75) is 31.6 Å². The van der Waals surface area contributed by atoms with E-state index in [4.69, 9.17) is 4.52 Å². The Labute approximate surface area is 134 Å². The summed E-state index contributed by atoms with van der Waals surface area (Å²) in [5.74, 6) is 1.57. The van der Waals surface area contributed by atoms with E-state index in [0.717, 1.165) is 35.4 Å². The molecule has 0 saturated heterocycles. The van der Waals surface area contributed by atoms with Gasteiger partial charge in [0.15, 0.2) is 0 Å². The van der Waals surface area contributed by atoms with E-state index in [1.165, 1.54) is 25.0 Å². The minimum atomic E-state index is -0.231. The number of rotatable bonds is 3. The molecule has 0 N–H and O–H groups in total. The number of hydrogen-bond donors (Lipinski definition) is 0. The molecule has 3 nitrogen and oxygen atoms in total. The second kappa shape index (κ2) is 5.95. The van der Waals surface area contributed by atoms with Gasteiger partial charge in [-0.15, -0.1) is 0 Å². The Morgan fingerprint density at radius 1 is 0.913 bits per heavy atom. The molecule has 1 aliphatic carbocycles. The van der Waals surface area contributed by atoms with Crippen LogP contribution in [0.2, 0.25) is 0 Å². The summed E-state index contributed by atoms with van der Waals surface area (Å²) in [6.45, 7) is 0. The summed E-state index contributed by atoms with van der Waals surface area (Å²) in [5.41, 5.74) is 2.74. The first-order valence-electron chi connectivity index (χ1n) is 7.99. The molecule has 0 spiro atoms. The maximum absolute atomic E-state index is 13.3. The Hall–Kier alpha value is -2.49. The lowest BCUT2D eigenvalue weighted by Gasteiger charge is -2.02. The molecule has 0 amide bonds. The fourth-order valence-electron chi connectivity index (χ4n) is 3.17. The zero-order valence-corrected chi connectivity index (χ0v) is 12.7. The van der Waals surface area contributed by atoms with Gasteiger partial charge < -0.3 is 4.52 Å². The fourth-order valence-corrected chi connectivity index (χ4v) is 3.17. The third-order valence-electron chi connectivity index (χ3n) is 4.45. The van der Waals surface area contributed by atoms with Crippen LogP contribution in [-0.2, 0) is 0 Å². The van der Waals surface area contributed by atoms with Crippen LogP contribution in [0, 0.1) is 5.82 Å². The third kappa shape index (κ3) is 2.89. The molecule has 4 heteroatoms. The SMILES string of the molecule is Fc1cccc(-c2ccc(-c3noc(C4CCCC4)n3)cc2)c1. The number of benzene rings is 2. The summed E-state index contributed by atoms with van der Waals surface area (Å²) in [6, 6.07) is 14.4. The zero-order chi connectivity index (χ0) is 15.6. The van der Waals surface area contributed by atoms with Crippen LogP contribution in [0.25, 0.3) is 22.5 Å². The smallest absolute Gasteiger partial charge is 0.230 e. The zero-order valence-electron chi connectivity index (χ0n) is 12.7. The second-order valence-corrected chi connectivity index (χ2v) is 6.03. The number of hydrogen-bond acceptors (Lipinski definition) is 3. The van der Waals surface area contributed by atoms with E-state index in [-0.39, 0.29) is 5.82 Å². The predicted octanol–water partition coefficient (Wildman–Crippen LogP) is 5.20. The van der Waals surface area contributed by atoms with Gasteiger partial charge in [-0.1, -0.05) is 54.4 Å². The van der Waals surface area contributed by atoms with E-state index in [1.807, 2.05) is 30.3 Å². The van der Waals surface area contributed by atoms with Crippen LogP contribution in [0.3, 0.4) is 0 Å². The van der Waals surface area contributed by atoms with Crippen LogP contribution in [0.4, 0.5) is 4.39 Å². The molecule has 2 aromatic carbocycles. The topological polar surface area (TPSA) is 38.9 Å². The molecule has 4 rings (SSSR count). The first kappa shape index (κ1) is 14.1. The van der Waals surface area contributed by atoms with Crippen molar-refractivity contribution in [2.75, 3.05) is 0 Å². The van der Waals surface area contributed by atoms with Gasteiger partial charge in [-0.25, -0.2) is 4.39 Å². The molecule has 1 saturated carbocycles. The highest BCUT2D eigenvalue weighted by Crippen LogP contribution is 2.34. The van der Waals surface area contributed by atoms with Gasteiger partial charge in [0.2, 0.25) is 11.7 Å². The Bertz CT molecular complexity index is 804. The third-order valence-corrected chi connectivity index (χ3v) is 4.45. The highest BCUT2D eigenvalue weighted by molar-refractivity contribution is 5.67. The molecule has 23 heavy (non-hydrogen) atoms. The average molecular weight is 308 g/mol. The van der Waals surface area contributed by atoms with Crippen LogP contribution >= 0.6 is 0 Å². The van der Waals surface area contributed by atoms with Gasteiger partial charge in [0.05, 0.1) is 0 Å². The van der Waals surface area contributed by atoms with Crippen molar-refractivity contribution in [3.05, 3.63) is 60.2 Å². The quantitative estimate of drug-likeness (QED) is 0.667. The molecule has 0 bridgehead atoms. The van der Waals surface area contributed by atoms with Crippen molar-refractivity contribution >= 4 is 0 Å². The molecule has 0 aliphatic heterocycles. The van der Waals surface area contributed by atoms with E-state index >= 15 is 0 Å². The van der Waals surface area contributed by atoms with E-state index in [2.05, 4.69) is 10.1 Å². The monoisotopic (exact) mass is 308 g/mol. The normalized spacial score (nSPS) is 15.2. The standard InChI is InChI=1S/C19H17FN2O/c20-17-7-3-6-16(12-17)13-8-10-14(11-9-13)18-21-19(23-22-18)15-4-1-2-5-15/h3,6-12,15H,1-2,4-5H2. The first-order chi connectivity index (χ1) is 11.3. The van der Waals surface area contributed by atoms with Gasteiger partial charge in [0.25, 0.3) is 0 Å². The lowest BCUT2D eigenvalue weighted by molar-refractivity contribution is 0.354. The first-order valence-corrected chi connectivity index (χ1v) is 7.99. The Kier molecular flexibility index (Phi) is 3.66. The number of halogens is 1. The van der Waals surface area contributed by atoms with Crippen LogP contribution < -0.4 is 0 Å². The number of nitrogens with zero attached hydrogens (tertiary/aromatic N) is 2. The molecule has 0 radical (unpaired) electrons. The van der Waals surface area contributed by atoms with Crippen LogP contribution in [-0.4, -0.2) is 10.1 Å². The van der Waals surface area contributed by atoms with Crippen LogP contribution in [0.5, 0.6) is 0 Å². The summed E-state index contributed by atoms with van der Waals surface area (Å²) in [7, 11) is 0. The summed E-state index contributed by atoms with van der Waals surface area (Å²) in [5, 5.41) is 4.10. The van der Waals surface area contributed by atoms with Crippen molar-refractivity contribution in [3.8, 4) is 22.5 Å². The van der Waals surface area contributed by atoms with Crippen molar-refractivity contribution in [3.63, 3.8) is 0 Å². The van der Waals surface area contributed by atoms with Gasteiger partial charge in [-0.2, -0.15) is 4.98 Å². The summed E-state index contributed by atoms with van der Waals surface area (Å²) in [6.07, 6.45) is 4.76. The second-order valence-electron chi connectivity index (χ2n) is 6.03. The van der Waals surface area contributed by atoms with Crippen LogP contribution in [0.1, 0.15) is 37.5 Å². The summed E-state index contributed by atoms with van der Waals surface area (Å²) < 4.78 is 18.7. The highest BCUT2D eigenvalue weighted by Gasteiger charge is 2.23. The van der Waals surface area contributed by atoms with Gasteiger partial charge in [-0.3, -0.25) is 0 Å². The molecule has 1 aromatic heterocycles. The van der Waals surface area contributed by atoms with Gasteiger partial charge >= 0.3 is 0 Å². The van der Waals surface area contributed by atoms with E-state index in [0.29, 0.717) is 11.7 Å². The Morgan fingerprint density at radius 3 is 2.39 bits per heavy atom. The predicted molar refractivity (Wildman–Crippen MR) is 86.3 cm³/mol. The lowest BCUT2D eigenvalue weighted by atomic mass is 10.0. The largest absolute Gasteiger partial charge is 0.339 e. The molecular formula is C19H17FN2O. The van der Waals surface area contributed by atoms with Gasteiger partial charge in [-0.05, 0) is 36.1 Å². The average Bonchev–Trinajstić information content (AvgIpc) is 3.26. The maximum atomic E-state index is 13.3. The van der Waals surface area contributed by atoms with Crippen LogP contribution in [0.15, 0.2) is 53.1 Å². The highest BCUT2D eigenvalue weighted by atomic mass is 19.1.